The third-order valence-corrected chi connectivity index (χ3v) is 7.88. The molecule has 2 aliphatic heterocycles. The highest BCUT2D eigenvalue weighted by Gasteiger charge is 2.24. The predicted octanol–water partition coefficient (Wildman–Crippen LogP) is 1.80. The van der Waals surface area contributed by atoms with Crippen molar-refractivity contribution < 1.29 is 8.42 Å². The predicted molar refractivity (Wildman–Crippen MR) is 132 cm³/mol. The van der Waals surface area contributed by atoms with Crippen LogP contribution in [0, 0.1) is 0 Å². The van der Waals surface area contributed by atoms with Gasteiger partial charge in [0.25, 0.3) is 0 Å². The Bertz CT molecular complexity index is 548. The van der Waals surface area contributed by atoms with Crippen molar-refractivity contribution in [2.75, 3.05) is 63.1 Å². The van der Waals surface area contributed by atoms with Gasteiger partial charge in [0.2, 0.25) is 10.0 Å². The summed E-state index contributed by atoms with van der Waals surface area (Å²) in [5.74, 6) is 2.62. The highest BCUT2D eigenvalue weighted by molar-refractivity contribution is 14.0. The number of hydrogen-bond donors (Lipinski definition) is 2. The molecule has 2 rings (SSSR count). The molecule has 0 aliphatic carbocycles. The van der Waals surface area contributed by atoms with E-state index in [4.69, 9.17) is 0 Å². The van der Waals surface area contributed by atoms with E-state index in [2.05, 4.69) is 27.4 Å². The maximum absolute atomic E-state index is 12.4. The molecule has 28 heavy (non-hydrogen) atoms. The second-order valence-corrected chi connectivity index (χ2v) is 10.5. The molecule has 2 saturated heterocycles. The molecule has 0 spiro atoms. The Balaban J connectivity index is 0.00000392. The number of hydrogen-bond acceptors (Lipinski definition) is 5. The summed E-state index contributed by atoms with van der Waals surface area (Å²) < 4.78 is 26.5. The Hall–Kier alpha value is 0.220. The number of aliphatic imine (C=N–C) groups is 1. The highest BCUT2D eigenvalue weighted by Crippen LogP contribution is 2.13. The highest BCUT2D eigenvalue weighted by atomic mass is 127. The van der Waals surface area contributed by atoms with Crippen molar-refractivity contribution >= 4 is 51.7 Å². The van der Waals surface area contributed by atoms with Gasteiger partial charge in [0.1, 0.15) is 0 Å². The van der Waals surface area contributed by atoms with E-state index in [0.717, 1.165) is 49.9 Å². The molecule has 0 radical (unpaired) electrons. The van der Waals surface area contributed by atoms with E-state index in [1.54, 1.807) is 4.31 Å². The molecule has 0 bridgehead atoms. The van der Waals surface area contributed by atoms with Gasteiger partial charge in [-0.2, -0.15) is 11.8 Å². The number of unbranched alkanes of at least 4 members (excludes halogenated alkanes) is 1. The van der Waals surface area contributed by atoms with Crippen molar-refractivity contribution in [1.82, 2.24) is 19.8 Å². The minimum Gasteiger partial charge on any atom is -0.357 e. The monoisotopic (exact) mass is 547 g/mol. The molecular formula is C18H38IN5O2S2. The van der Waals surface area contributed by atoms with Crippen LogP contribution in [0.5, 0.6) is 0 Å². The maximum atomic E-state index is 12.4. The SMILES string of the molecule is CCCCN1CCC(NC(=NCCS(=O)(=O)N2CCSCC2)NCC)CC1.I. The molecule has 0 aromatic carbocycles. The lowest BCUT2D eigenvalue weighted by Gasteiger charge is -2.33. The van der Waals surface area contributed by atoms with E-state index in [1.165, 1.54) is 19.4 Å². The first-order valence-electron chi connectivity index (χ1n) is 10.4. The molecule has 0 aromatic heterocycles. The number of nitrogens with zero attached hydrogens (tertiary/aromatic N) is 3. The molecule has 0 amide bonds. The Morgan fingerprint density at radius 1 is 1.14 bits per heavy atom. The molecule has 0 atom stereocenters. The zero-order valence-electron chi connectivity index (χ0n) is 17.4. The van der Waals surface area contributed by atoms with Gasteiger partial charge in [-0.25, -0.2) is 12.7 Å². The van der Waals surface area contributed by atoms with Crippen LogP contribution >= 0.6 is 35.7 Å². The van der Waals surface area contributed by atoms with Crippen molar-refractivity contribution in [2.24, 2.45) is 4.99 Å². The van der Waals surface area contributed by atoms with E-state index < -0.39 is 10.0 Å². The minimum atomic E-state index is -3.19. The summed E-state index contributed by atoms with van der Waals surface area (Å²) in [4.78, 5) is 7.06. The van der Waals surface area contributed by atoms with E-state index in [0.29, 0.717) is 25.7 Å². The molecule has 2 fully saturated rings. The summed E-state index contributed by atoms with van der Waals surface area (Å²) in [6, 6.07) is 0.413. The number of piperidine rings is 1. The number of likely N-dealkylation sites (tertiary alicyclic amines) is 1. The van der Waals surface area contributed by atoms with Crippen LogP contribution in [0.2, 0.25) is 0 Å². The smallest absolute Gasteiger partial charge is 0.215 e. The Labute approximate surface area is 192 Å². The summed E-state index contributed by atoms with van der Waals surface area (Å²) in [5.41, 5.74) is 0. The average molecular weight is 548 g/mol. The fraction of sp³-hybridized carbons (Fsp3) is 0.944. The second kappa shape index (κ2) is 14.3. The van der Waals surface area contributed by atoms with Crippen LogP contribution in [0.4, 0.5) is 0 Å². The first-order chi connectivity index (χ1) is 13.0. The molecule has 10 heteroatoms. The molecule has 2 N–H and O–H groups in total. The van der Waals surface area contributed by atoms with E-state index in [-0.39, 0.29) is 29.7 Å². The van der Waals surface area contributed by atoms with Crippen molar-refractivity contribution in [3.8, 4) is 0 Å². The fourth-order valence-electron chi connectivity index (χ4n) is 3.42. The van der Waals surface area contributed by atoms with Gasteiger partial charge in [-0.05, 0) is 32.7 Å². The third-order valence-electron chi connectivity index (χ3n) is 5.08. The largest absolute Gasteiger partial charge is 0.357 e. The van der Waals surface area contributed by atoms with Gasteiger partial charge in [0.05, 0.1) is 12.3 Å². The van der Waals surface area contributed by atoms with Crippen LogP contribution in [-0.4, -0.2) is 92.7 Å². The molecular weight excluding hydrogens is 509 g/mol. The Morgan fingerprint density at radius 2 is 1.82 bits per heavy atom. The summed E-state index contributed by atoms with van der Waals surface area (Å²) >= 11 is 1.82. The zero-order valence-corrected chi connectivity index (χ0v) is 21.3. The summed E-state index contributed by atoms with van der Waals surface area (Å²) in [6.45, 7) is 10.1. The van der Waals surface area contributed by atoms with Crippen LogP contribution in [0.1, 0.15) is 39.5 Å². The van der Waals surface area contributed by atoms with Gasteiger partial charge in [-0.15, -0.1) is 24.0 Å². The van der Waals surface area contributed by atoms with E-state index >= 15 is 0 Å². The number of guanidine groups is 1. The van der Waals surface area contributed by atoms with Crippen LogP contribution in [0.15, 0.2) is 4.99 Å². The zero-order chi connectivity index (χ0) is 19.5. The molecule has 7 nitrogen and oxygen atoms in total. The van der Waals surface area contributed by atoms with Gasteiger partial charge < -0.3 is 15.5 Å². The van der Waals surface area contributed by atoms with Crippen molar-refractivity contribution in [2.45, 2.75) is 45.6 Å². The van der Waals surface area contributed by atoms with Crippen LogP contribution in [0.25, 0.3) is 0 Å². The van der Waals surface area contributed by atoms with Crippen LogP contribution < -0.4 is 10.6 Å². The molecule has 0 aromatic rings. The molecule has 2 aliphatic rings. The number of nitrogens with one attached hydrogen (secondary N) is 2. The third kappa shape index (κ3) is 9.36. The van der Waals surface area contributed by atoms with Gasteiger partial charge in [-0.3, -0.25) is 4.99 Å². The molecule has 166 valence electrons. The van der Waals surface area contributed by atoms with E-state index in [1.807, 2.05) is 18.7 Å². The number of sulfonamides is 1. The molecule has 0 unspecified atom stereocenters. The Morgan fingerprint density at radius 3 is 2.43 bits per heavy atom. The first-order valence-corrected chi connectivity index (χ1v) is 13.1. The number of thioether (sulfide) groups is 1. The maximum Gasteiger partial charge on any atom is 0.215 e. The Kier molecular flexibility index (Phi) is 13.4. The van der Waals surface area contributed by atoms with Gasteiger partial charge >= 0.3 is 0 Å². The first kappa shape index (κ1) is 26.3. The number of rotatable bonds is 9. The van der Waals surface area contributed by atoms with Gasteiger partial charge in [0.15, 0.2) is 5.96 Å². The minimum absolute atomic E-state index is 0. The molecule has 0 saturated carbocycles. The summed E-state index contributed by atoms with van der Waals surface area (Å²) in [7, 11) is -3.19. The van der Waals surface area contributed by atoms with Gasteiger partial charge in [0, 0.05) is 50.3 Å². The number of halogens is 1. The quantitative estimate of drug-likeness (QED) is 0.261. The van der Waals surface area contributed by atoms with Crippen molar-refractivity contribution in [1.29, 1.82) is 0 Å². The fourth-order valence-corrected chi connectivity index (χ4v) is 5.88. The van der Waals surface area contributed by atoms with E-state index in [9.17, 15) is 8.42 Å². The van der Waals surface area contributed by atoms with Crippen molar-refractivity contribution in [3.63, 3.8) is 0 Å². The topological polar surface area (TPSA) is 77.0 Å². The lowest BCUT2D eigenvalue weighted by Crippen LogP contribution is -2.49. The van der Waals surface area contributed by atoms with Crippen LogP contribution in [0.3, 0.4) is 0 Å². The molecule has 2 heterocycles. The lowest BCUT2D eigenvalue weighted by molar-refractivity contribution is 0.203. The average Bonchev–Trinajstić information content (AvgIpc) is 2.68. The lowest BCUT2D eigenvalue weighted by atomic mass is 10.0. The summed E-state index contributed by atoms with van der Waals surface area (Å²) in [6.07, 6.45) is 4.73. The summed E-state index contributed by atoms with van der Waals surface area (Å²) in [5, 5.41) is 6.75. The van der Waals surface area contributed by atoms with Crippen molar-refractivity contribution in [3.05, 3.63) is 0 Å². The van der Waals surface area contributed by atoms with Crippen LogP contribution in [-0.2, 0) is 10.0 Å². The normalized spacial score (nSPS) is 20.6. The van der Waals surface area contributed by atoms with Gasteiger partial charge in [-0.1, -0.05) is 13.3 Å². The standard InChI is InChI=1S/C18H37N5O2S2.HI/c1-3-5-9-22-10-6-17(7-11-22)21-18(19-4-2)20-8-16-27(24,25)23-12-14-26-15-13-23;/h17H,3-16H2,1-2H3,(H2,19,20,21);1H. The second-order valence-electron chi connectivity index (χ2n) is 7.20.